The van der Waals surface area contributed by atoms with Gasteiger partial charge in [-0.1, -0.05) is 35.9 Å². The van der Waals surface area contributed by atoms with Gasteiger partial charge in [0, 0.05) is 34.6 Å². The Hall–Kier alpha value is -3.20. The molecule has 0 fully saturated rings. The summed E-state index contributed by atoms with van der Waals surface area (Å²) < 4.78 is 28.4. The van der Waals surface area contributed by atoms with Crippen molar-refractivity contribution in [3.8, 4) is 28.1 Å². The van der Waals surface area contributed by atoms with Crippen LogP contribution in [0.5, 0.6) is 0 Å². The van der Waals surface area contributed by atoms with Gasteiger partial charge in [0.15, 0.2) is 6.20 Å². The van der Waals surface area contributed by atoms with E-state index in [0.717, 1.165) is 51.4 Å². The molecule has 0 atom stereocenters. The van der Waals surface area contributed by atoms with Crippen LogP contribution in [0, 0.1) is 20.7 Å². The lowest BCUT2D eigenvalue weighted by atomic mass is 9.93. The van der Waals surface area contributed by atoms with E-state index >= 15 is 0 Å². The number of nitrogens with zero attached hydrogens (tertiary/aromatic N) is 3. The van der Waals surface area contributed by atoms with Gasteiger partial charge in [0.2, 0.25) is 5.69 Å². The maximum atomic E-state index is 8.12. The van der Waals surface area contributed by atoms with Crippen molar-refractivity contribution in [3.63, 3.8) is 0 Å². The average Bonchev–Trinajstić information content (AvgIpc) is 3.29. The van der Waals surface area contributed by atoms with Crippen molar-refractivity contribution >= 4 is 0 Å². The molecule has 3 heteroatoms. The van der Waals surface area contributed by atoms with Gasteiger partial charge in [-0.3, -0.25) is 0 Å². The summed E-state index contributed by atoms with van der Waals surface area (Å²) in [6.45, 7) is 1.94. The quantitative estimate of drug-likeness (QED) is 0.407. The third-order valence-corrected chi connectivity index (χ3v) is 5.70. The van der Waals surface area contributed by atoms with Crippen LogP contribution in [-0.4, -0.2) is 9.55 Å². The second-order valence-electron chi connectivity index (χ2n) is 7.61. The number of pyridine rings is 1. The van der Waals surface area contributed by atoms with Gasteiger partial charge in [-0.15, -0.1) is 0 Å². The van der Waals surface area contributed by atoms with Gasteiger partial charge in [0.05, 0.1) is 11.3 Å². The van der Waals surface area contributed by atoms with Crippen LogP contribution < -0.4 is 4.57 Å². The van der Waals surface area contributed by atoms with Crippen molar-refractivity contribution < 1.29 is 8.68 Å². The molecule has 0 saturated carbocycles. The SMILES string of the molecule is [2H]C([2H])([2H])c1c[n+](C)c(-c2c(C)ccc3c2Cc2nccn2-3)cc1-c1ccc(C)cc1. The van der Waals surface area contributed by atoms with Gasteiger partial charge in [0.25, 0.3) is 0 Å². The smallest absolute Gasteiger partial charge is 0.213 e. The molecule has 0 saturated heterocycles. The Bertz CT molecular complexity index is 1320. The Labute approximate surface area is 170 Å². The summed E-state index contributed by atoms with van der Waals surface area (Å²) >= 11 is 0. The summed E-state index contributed by atoms with van der Waals surface area (Å²) in [5.74, 6) is 1.03. The molecule has 4 aromatic rings. The monoisotopic (exact) mass is 369 g/mol. The van der Waals surface area contributed by atoms with Gasteiger partial charge >= 0.3 is 0 Å². The largest absolute Gasteiger partial charge is 0.303 e. The van der Waals surface area contributed by atoms with Crippen molar-refractivity contribution in [2.24, 2.45) is 7.05 Å². The van der Waals surface area contributed by atoms with E-state index in [2.05, 4.69) is 28.6 Å². The Kier molecular flexibility index (Phi) is 3.06. The van der Waals surface area contributed by atoms with E-state index in [1.54, 1.807) is 6.20 Å². The molecule has 2 aromatic heterocycles. The Balaban J connectivity index is 1.77. The minimum absolute atomic E-state index is 0.362. The molecule has 0 bridgehead atoms. The molecule has 0 unspecified atom stereocenters. The molecule has 3 heterocycles. The van der Waals surface area contributed by atoms with Crippen LogP contribution >= 0.6 is 0 Å². The fourth-order valence-corrected chi connectivity index (χ4v) is 4.23. The molecule has 0 spiro atoms. The van der Waals surface area contributed by atoms with Crippen LogP contribution in [0.3, 0.4) is 0 Å². The molecule has 1 aliphatic heterocycles. The maximum absolute atomic E-state index is 8.12. The summed E-state index contributed by atoms with van der Waals surface area (Å²) in [7, 11) is 1.93. The molecular weight excluding hydrogens is 342 g/mol. The molecule has 0 radical (unpaired) electrons. The van der Waals surface area contributed by atoms with Crippen molar-refractivity contribution in [1.82, 2.24) is 9.55 Å². The Morgan fingerprint density at radius 1 is 1.07 bits per heavy atom. The summed E-state index contributed by atoms with van der Waals surface area (Å²) in [4.78, 5) is 4.50. The van der Waals surface area contributed by atoms with E-state index < -0.39 is 6.85 Å². The molecule has 138 valence electrons. The number of hydrogen-bond donors (Lipinski definition) is 0. The fraction of sp³-hybridized carbons (Fsp3) is 0.200. The average molecular weight is 370 g/mol. The third-order valence-electron chi connectivity index (χ3n) is 5.70. The van der Waals surface area contributed by atoms with E-state index in [4.69, 9.17) is 4.11 Å². The molecule has 0 N–H and O–H groups in total. The lowest BCUT2D eigenvalue weighted by Gasteiger charge is -2.13. The summed E-state index contributed by atoms with van der Waals surface area (Å²) in [5, 5.41) is 0. The number of benzene rings is 2. The molecule has 0 aliphatic carbocycles. The van der Waals surface area contributed by atoms with Gasteiger partial charge in [-0.25, -0.2) is 9.55 Å². The van der Waals surface area contributed by atoms with Gasteiger partial charge < -0.3 is 4.57 Å². The zero-order valence-corrected chi connectivity index (χ0v) is 16.3. The molecule has 28 heavy (non-hydrogen) atoms. The first-order valence-electron chi connectivity index (χ1n) is 11.0. The standard InChI is InChI=1S/C25H24N3/c1-16-5-8-19(9-6-16)20-13-23(27(4)15-18(20)3)25-17(2)7-10-22-21(25)14-24-26-11-12-28(22)24/h5-13,15H,14H2,1-4H3/q+1/i3D3. The Morgan fingerprint density at radius 3 is 2.68 bits per heavy atom. The van der Waals surface area contributed by atoms with E-state index in [9.17, 15) is 0 Å². The maximum Gasteiger partial charge on any atom is 0.213 e. The summed E-state index contributed by atoms with van der Waals surface area (Å²) in [5.41, 5.74) is 8.86. The van der Waals surface area contributed by atoms with E-state index in [-0.39, 0.29) is 0 Å². The van der Waals surface area contributed by atoms with E-state index in [1.807, 2.05) is 61.3 Å². The van der Waals surface area contributed by atoms with Crippen LogP contribution in [0.4, 0.5) is 0 Å². The molecule has 1 aliphatic rings. The van der Waals surface area contributed by atoms with E-state index in [0.29, 0.717) is 5.56 Å². The zero-order valence-electron chi connectivity index (χ0n) is 19.3. The Morgan fingerprint density at radius 2 is 1.89 bits per heavy atom. The number of aromatic nitrogens is 3. The zero-order chi connectivity index (χ0) is 21.9. The summed E-state index contributed by atoms with van der Waals surface area (Å²) in [6.07, 6.45) is 6.36. The van der Waals surface area contributed by atoms with Gasteiger partial charge in [0.1, 0.15) is 12.9 Å². The van der Waals surface area contributed by atoms with Crippen molar-refractivity contribution in [3.05, 3.63) is 89.1 Å². The highest BCUT2D eigenvalue weighted by Gasteiger charge is 2.27. The fourth-order valence-electron chi connectivity index (χ4n) is 4.23. The van der Waals surface area contributed by atoms with Crippen LogP contribution in [0.1, 0.15) is 32.2 Å². The van der Waals surface area contributed by atoms with Gasteiger partial charge in [-0.2, -0.15) is 0 Å². The molecule has 3 nitrogen and oxygen atoms in total. The highest BCUT2D eigenvalue weighted by atomic mass is 15.1. The number of imidazole rings is 1. The van der Waals surface area contributed by atoms with E-state index in [1.165, 1.54) is 5.56 Å². The van der Waals surface area contributed by atoms with Crippen LogP contribution in [0.15, 0.2) is 61.1 Å². The van der Waals surface area contributed by atoms with Crippen molar-refractivity contribution in [2.75, 3.05) is 0 Å². The normalized spacial score (nSPS) is 14.2. The number of aryl methyl sites for hydroxylation is 4. The number of fused-ring (bicyclic) bond motifs is 3. The van der Waals surface area contributed by atoms with Crippen molar-refractivity contribution in [2.45, 2.75) is 27.1 Å². The highest BCUT2D eigenvalue weighted by Crippen LogP contribution is 2.37. The van der Waals surface area contributed by atoms with Crippen LogP contribution in [0.2, 0.25) is 0 Å². The third kappa shape index (κ3) is 2.50. The molecule has 5 rings (SSSR count). The predicted octanol–water partition coefficient (Wildman–Crippen LogP) is 4.86. The topological polar surface area (TPSA) is 21.7 Å². The first-order valence-corrected chi connectivity index (χ1v) is 9.50. The second-order valence-corrected chi connectivity index (χ2v) is 7.61. The second kappa shape index (κ2) is 6.16. The lowest BCUT2D eigenvalue weighted by molar-refractivity contribution is -0.660. The number of hydrogen-bond acceptors (Lipinski definition) is 1. The molecule has 0 amide bonds. The van der Waals surface area contributed by atoms with Crippen molar-refractivity contribution in [1.29, 1.82) is 0 Å². The first kappa shape index (κ1) is 13.9. The summed E-state index contributed by atoms with van der Waals surface area (Å²) in [6, 6.07) is 14.4. The molecular formula is C25H24N3+. The van der Waals surface area contributed by atoms with Crippen LogP contribution in [-0.2, 0) is 13.5 Å². The lowest BCUT2D eigenvalue weighted by Crippen LogP contribution is -2.32. The van der Waals surface area contributed by atoms with Crippen LogP contribution in [0.25, 0.3) is 28.1 Å². The highest BCUT2D eigenvalue weighted by molar-refractivity contribution is 5.77. The minimum atomic E-state index is -2.20. The number of rotatable bonds is 2. The predicted molar refractivity (Wildman–Crippen MR) is 113 cm³/mol. The first-order chi connectivity index (χ1) is 14.7. The van der Waals surface area contributed by atoms with Gasteiger partial charge in [-0.05, 0) is 49.0 Å². The molecule has 2 aromatic carbocycles. The minimum Gasteiger partial charge on any atom is -0.303 e.